The molecule has 0 bridgehead atoms. The van der Waals surface area contributed by atoms with Gasteiger partial charge >= 0.3 is 35.8 Å². The Morgan fingerprint density at radius 2 is 0.818 bits per heavy atom. The molecule has 0 aliphatic heterocycles. The van der Waals surface area contributed by atoms with Crippen LogP contribution in [0.2, 0.25) is 0 Å². The fourth-order valence-corrected chi connectivity index (χ4v) is 1.18. The molecule has 133 valence electrons. The maximum atomic E-state index is 12.9. The summed E-state index contributed by atoms with van der Waals surface area (Å²) in [5.41, 5.74) is 0. The zero-order chi connectivity index (χ0) is 18.4. The van der Waals surface area contributed by atoms with Crippen molar-refractivity contribution in [1.29, 1.82) is 0 Å². The third kappa shape index (κ3) is 2.70. The van der Waals surface area contributed by atoms with Crippen molar-refractivity contribution < 1.29 is 57.1 Å². The Balaban J connectivity index is 6.11. The van der Waals surface area contributed by atoms with Gasteiger partial charge in [0.15, 0.2) is 0 Å². The second-order valence-electron chi connectivity index (χ2n) is 4.10. The highest BCUT2D eigenvalue weighted by atomic mass is 19.4. The van der Waals surface area contributed by atoms with Crippen LogP contribution >= 0.6 is 0 Å². The maximum Gasteiger partial charge on any atom is 0.460 e. The van der Waals surface area contributed by atoms with Gasteiger partial charge in [0.1, 0.15) is 0 Å². The number of hydrogen-bond donors (Lipinski definition) is 0. The SMILES string of the molecule is [CH2]CCC(F)(F)C(F)(F)C(F)(F)C(F)(F)C(F)(F)C(F)(F)F. The van der Waals surface area contributed by atoms with Crippen molar-refractivity contribution in [2.24, 2.45) is 0 Å². The van der Waals surface area contributed by atoms with Crippen LogP contribution in [0.25, 0.3) is 0 Å². The normalized spacial score (nSPS) is 16.1. The fraction of sp³-hybridized carbons (Fsp3) is 0.889. The van der Waals surface area contributed by atoms with E-state index in [9.17, 15) is 57.1 Å². The van der Waals surface area contributed by atoms with Crippen LogP contribution in [0.4, 0.5) is 57.1 Å². The highest BCUT2D eigenvalue weighted by Crippen LogP contribution is 2.60. The molecule has 13 heteroatoms. The lowest BCUT2D eigenvalue weighted by atomic mass is 9.92. The van der Waals surface area contributed by atoms with Gasteiger partial charge < -0.3 is 0 Å². The van der Waals surface area contributed by atoms with Gasteiger partial charge in [0.05, 0.1) is 0 Å². The molecule has 0 aromatic rings. The van der Waals surface area contributed by atoms with E-state index in [0.29, 0.717) is 0 Å². The number of hydrogen-bond acceptors (Lipinski definition) is 0. The van der Waals surface area contributed by atoms with Crippen molar-refractivity contribution in [3.8, 4) is 0 Å². The largest absolute Gasteiger partial charge is 0.460 e. The third-order valence-electron chi connectivity index (χ3n) is 2.49. The fourth-order valence-electron chi connectivity index (χ4n) is 1.18. The van der Waals surface area contributed by atoms with Gasteiger partial charge in [-0.2, -0.15) is 57.1 Å². The first-order valence-corrected chi connectivity index (χ1v) is 5.06. The van der Waals surface area contributed by atoms with Crippen molar-refractivity contribution in [3.05, 3.63) is 6.92 Å². The van der Waals surface area contributed by atoms with E-state index in [4.69, 9.17) is 0 Å². The predicted molar refractivity (Wildman–Crippen MR) is 45.4 cm³/mol. The van der Waals surface area contributed by atoms with Crippen molar-refractivity contribution in [2.45, 2.75) is 48.6 Å². The van der Waals surface area contributed by atoms with Crippen molar-refractivity contribution in [1.82, 2.24) is 0 Å². The molecule has 0 unspecified atom stereocenters. The molecule has 0 aliphatic rings. The van der Waals surface area contributed by atoms with E-state index in [1.54, 1.807) is 0 Å². The summed E-state index contributed by atoms with van der Waals surface area (Å²) in [5, 5.41) is 0. The molecule has 0 atom stereocenters. The second-order valence-corrected chi connectivity index (χ2v) is 4.10. The van der Waals surface area contributed by atoms with E-state index in [1.165, 1.54) is 0 Å². The van der Waals surface area contributed by atoms with Gasteiger partial charge in [-0.1, -0.05) is 6.92 Å². The van der Waals surface area contributed by atoms with Crippen LogP contribution in [0.15, 0.2) is 0 Å². The van der Waals surface area contributed by atoms with Gasteiger partial charge in [0, 0.05) is 6.42 Å². The van der Waals surface area contributed by atoms with E-state index >= 15 is 0 Å². The van der Waals surface area contributed by atoms with Crippen LogP contribution in [0.5, 0.6) is 0 Å². The molecule has 0 N–H and O–H groups in total. The Hall–Kier alpha value is -0.910. The van der Waals surface area contributed by atoms with E-state index in [1.807, 2.05) is 0 Å². The summed E-state index contributed by atoms with van der Waals surface area (Å²) in [4.78, 5) is 0. The van der Waals surface area contributed by atoms with Gasteiger partial charge in [0.25, 0.3) is 0 Å². The molecular weight excluding hydrogens is 355 g/mol. The predicted octanol–water partition coefficient (Wildman–Crippen LogP) is 5.34. The summed E-state index contributed by atoms with van der Waals surface area (Å²) in [7, 11) is 0. The van der Waals surface area contributed by atoms with Crippen LogP contribution < -0.4 is 0 Å². The summed E-state index contributed by atoms with van der Waals surface area (Å²) in [6.07, 6.45) is -10.8. The molecule has 0 spiro atoms. The van der Waals surface area contributed by atoms with Gasteiger partial charge in [-0.15, -0.1) is 0 Å². The molecule has 0 aliphatic carbocycles. The highest BCUT2D eigenvalue weighted by Gasteiger charge is 2.90. The van der Waals surface area contributed by atoms with Crippen LogP contribution in [-0.4, -0.2) is 35.8 Å². The minimum Gasteiger partial charge on any atom is -0.200 e. The summed E-state index contributed by atoms with van der Waals surface area (Å²) >= 11 is 0. The van der Waals surface area contributed by atoms with Gasteiger partial charge in [-0.25, -0.2) is 0 Å². The summed E-state index contributed by atoms with van der Waals surface area (Å²) < 4.78 is 162. The lowest BCUT2D eigenvalue weighted by molar-refractivity contribution is -0.440. The Labute approximate surface area is 114 Å². The summed E-state index contributed by atoms with van der Waals surface area (Å²) in [6.45, 7) is 2.54. The standard InChI is InChI=1S/C9H6F13/c1-2-3-4(10,11)5(12,13)6(14,15)7(16,17)8(18,19)9(20,21)22/h1-3H2. The second kappa shape index (κ2) is 5.32. The number of alkyl halides is 13. The van der Waals surface area contributed by atoms with E-state index < -0.39 is 48.6 Å². The number of rotatable bonds is 6. The molecule has 0 aromatic heterocycles. The molecule has 0 rings (SSSR count). The Morgan fingerprint density at radius 3 is 1.09 bits per heavy atom. The molecule has 0 fully saturated rings. The molecule has 0 saturated carbocycles. The zero-order valence-corrected chi connectivity index (χ0v) is 10.0. The highest BCUT2D eigenvalue weighted by molar-refractivity contribution is 5.10. The Morgan fingerprint density at radius 1 is 0.500 bits per heavy atom. The van der Waals surface area contributed by atoms with Crippen LogP contribution in [0.3, 0.4) is 0 Å². The van der Waals surface area contributed by atoms with Crippen molar-refractivity contribution in [3.63, 3.8) is 0 Å². The summed E-state index contributed by atoms with van der Waals surface area (Å²) in [6, 6.07) is 0. The average Bonchev–Trinajstić information content (AvgIpc) is 2.26. The van der Waals surface area contributed by atoms with Crippen molar-refractivity contribution in [2.75, 3.05) is 0 Å². The molecule has 0 heterocycles. The quantitative estimate of drug-likeness (QED) is 0.561. The van der Waals surface area contributed by atoms with E-state index in [0.717, 1.165) is 0 Å². The third-order valence-corrected chi connectivity index (χ3v) is 2.49. The molecule has 22 heavy (non-hydrogen) atoms. The van der Waals surface area contributed by atoms with E-state index in [-0.39, 0.29) is 0 Å². The maximum absolute atomic E-state index is 12.9. The first-order valence-electron chi connectivity index (χ1n) is 5.06. The lowest BCUT2D eigenvalue weighted by Gasteiger charge is -2.39. The van der Waals surface area contributed by atoms with Gasteiger partial charge in [-0.3, -0.25) is 0 Å². The lowest BCUT2D eigenvalue weighted by Crippen LogP contribution is -2.70. The van der Waals surface area contributed by atoms with Crippen LogP contribution in [-0.2, 0) is 0 Å². The molecular formula is C9H6F13. The van der Waals surface area contributed by atoms with Crippen LogP contribution in [0.1, 0.15) is 12.8 Å². The Bertz CT molecular complexity index is 391. The van der Waals surface area contributed by atoms with Crippen molar-refractivity contribution >= 4 is 0 Å². The molecule has 0 saturated heterocycles. The first kappa shape index (κ1) is 21.1. The monoisotopic (exact) mass is 361 g/mol. The van der Waals surface area contributed by atoms with Gasteiger partial charge in [0.2, 0.25) is 0 Å². The Kier molecular flexibility index (Phi) is 5.10. The van der Waals surface area contributed by atoms with Crippen LogP contribution in [0, 0.1) is 6.92 Å². The zero-order valence-electron chi connectivity index (χ0n) is 10.0. The first-order chi connectivity index (χ1) is 9.31. The topological polar surface area (TPSA) is 0 Å². The van der Waals surface area contributed by atoms with Gasteiger partial charge in [-0.05, 0) is 6.42 Å². The number of halogens is 13. The minimum absolute atomic E-state index is 1.21. The van der Waals surface area contributed by atoms with E-state index in [2.05, 4.69) is 6.92 Å². The smallest absolute Gasteiger partial charge is 0.200 e. The molecule has 0 aromatic carbocycles. The summed E-state index contributed by atoms with van der Waals surface area (Å²) in [5.74, 6) is -36.4. The molecule has 0 amide bonds. The average molecular weight is 361 g/mol. The molecule has 0 nitrogen and oxygen atoms in total. The minimum atomic E-state index is -7.83. The molecule has 1 radical (unpaired) electrons.